The highest BCUT2D eigenvalue weighted by Crippen LogP contribution is 2.07. The molecule has 3 amide bonds. The Bertz CT molecular complexity index is 442. The number of rotatable bonds is 7. The number of nitrogens with zero attached hydrogens (tertiary/aromatic N) is 2. The van der Waals surface area contributed by atoms with Gasteiger partial charge in [-0.2, -0.15) is 5.10 Å². The van der Waals surface area contributed by atoms with Gasteiger partial charge in [0, 0.05) is 25.3 Å². The fourth-order valence-electron chi connectivity index (χ4n) is 1.59. The van der Waals surface area contributed by atoms with Gasteiger partial charge in [0.2, 0.25) is 0 Å². The van der Waals surface area contributed by atoms with E-state index in [0.29, 0.717) is 31.7 Å². The third kappa shape index (κ3) is 4.59. The second kappa shape index (κ2) is 7.37. The monoisotopic (exact) mass is 268 g/mol. The molecule has 8 heteroatoms. The third-order valence-corrected chi connectivity index (χ3v) is 2.63. The van der Waals surface area contributed by atoms with Crippen molar-refractivity contribution in [2.24, 2.45) is 11.5 Å². The third-order valence-electron chi connectivity index (χ3n) is 2.63. The first-order valence-electron chi connectivity index (χ1n) is 6.10. The minimum atomic E-state index is -0.611. The molecule has 1 aromatic rings. The second-order valence-corrected chi connectivity index (χ2v) is 4.06. The van der Waals surface area contributed by atoms with Crippen molar-refractivity contribution in [1.29, 1.82) is 0 Å². The van der Waals surface area contributed by atoms with Gasteiger partial charge in [-0.25, -0.2) is 4.79 Å². The number of nitrogens with one attached hydrogen (secondary N) is 2. The van der Waals surface area contributed by atoms with E-state index in [4.69, 9.17) is 11.5 Å². The van der Waals surface area contributed by atoms with Crippen LogP contribution in [-0.4, -0.2) is 41.4 Å². The van der Waals surface area contributed by atoms with E-state index in [0.717, 1.165) is 12.1 Å². The maximum absolute atomic E-state index is 11.9. The molecule has 0 aliphatic carbocycles. The standard InChI is InChI=1S/C11H20N6O2/c1-8-9(7-16-17(8)6-2-3-12)10(18)14-4-5-15-11(13)19/h7H,2-6,12H2,1H3,(H,14,18)(H3,13,15,19). The molecule has 0 aliphatic heterocycles. The number of hydrogen-bond donors (Lipinski definition) is 4. The van der Waals surface area contributed by atoms with Crippen LogP contribution in [0.2, 0.25) is 0 Å². The van der Waals surface area contributed by atoms with Crippen LogP contribution in [0, 0.1) is 6.92 Å². The highest BCUT2D eigenvalue weighted by Gasteiger charge is 2.13. The minimum Gasteiger partial charge on any atom is -0.352 e. The molecule has 1 heterocycles. The minimum absolute atomic E-state index is 0.220. The largest absolute Gasteiger partial charge is 0.352 e. The second-order valence-electron chi connectivity index (χ2n) is 4.06. The molecular formula is C11H20N6O2. The molecule has 0 aliphatic rings. The first-order valence-corrected chi connectivity index (χ1v) is 6.10. The molecule has 0 spiro atoms. The van der Waals surface area contributed by atoms with Crippen LogP contribution in [0.5, 0.6) is 0 Å². The van der Waals surface area contributed by atoms with Gasteiger partial charge in [-0.15, -0.1) is 0 Å². The van der Waals surface area contributed by atoms with E-state index < -0.39 is 6.03 Å². The average molecular weight is 268 g/mol. The summed E-state index contributed by atoms with van der Waals surface area (Å²) in [7, 11) is 0. The quantitative estimate of drug-likeness (QED) is 0.470. The fraction of sp³-hybridized carbons (Fsp3) is 0.545. The van der Waals surface area contributed by atoms with Crippen LogP contribution in [0.3, 0.4) is 0 Å². The van der Waals surface area contributed by atoms with E-state index in [-0.39, 0.29) is 5.91 Å². The number of nitrogens with two attached hydrogens (primary N) is 2. The summed E-state index contributed by atoms with van der Waals surface area (Å²) in [4.78, 5) is 22.3. The lowest BCUT2D eigenvalue weighted by Gasteiger charge is -2.06. The topological polar surface area (TPSA) is 128 Å². The Morgan fingerprint density at radius 2 is 2.05 bits per heavy atom. The molecule has 0 radical (unpaired) electrons. The van der Waals surface area contributed by atoms with Gasteiger partial charge in [-0.05, 0) is 19.9 Å². The molecule has 0 bridgehead atoms. The summed E-state index contributed by atoms with van der Waals surface area (Å²) in [5.41, 5.74) is 11.7. The van der Waals surface area contributed by atoms with E-state index >= 15 is 0 Å². The normalized spacial score (nSPS) is 10.2. The average Bonchev–Trinajstić information content (AvgIpc) is 2.73. The van der Waals surface area contributed by atoms with Gasteiger partial charge in [0.1, 0.15) is 0 Å². The zero-order chi connectivity index (χ0) is 14.3. The molecule has 19 heavy (non-hydrogen) atoms. The van der Waals surface area contributed by atoms with Crippen molar-refractivity contribution in [1.82, 2.24) is 20.4 Å². The molecule has 1 aromatic heterocycles. The number of aryl methyl sites for hydroxylation is 1. The molecule has 0 fully saturated rings. The highest BCUT2D eigenvalue weighted by atomic mass is 16.2. The van der Waals surface area contributed by atoms with Crippen molar-refractivity contribution in [3.8, 4) is 0 Å². The molecular weight excluding hydrogens is 248 g/mol. The number of primary amides is 1. The van der Waals surface area contributed by atoms with E-state index in [9.17, 15) is 9.59 Å². The summed E-state index contributed by atoms with van der Waals surface area (Å²) >= 11 is 0. The first kappa shape index (κ1) is 15.0. The van der Waals surface area contributed by atoms with Crippen LogP contribution in [0.4, 0.5) is 4.79 Å². The summed E-state index contributed by atoms with van der Waals surface area (Å²) in [6, 6.07) is -0.611. The van der Waals surface area contributed by atoms with E-state index in [2.05, 4.69) is 15.7 Å². The number of aromatic nitrogens is 2. The van der Waals surface area contributed by atoms with Crippen molar-refractivity contribution in [3.63, 3.8) is 0 Å². The summed E-state index contributed by atoms with van der Waals surface area (Å²) in [5, 5.41) is 9.21. The summed E-state index contributed by atoms with van der Waals surface area (Å²) < 4.78 is 1.75. The maximum Gasteiger partial charge on any atom is 0.312 e. The maximum atomic E-state index is 11.9. The molecule has 0 saturated carbocycles. The smallest absolute Gasteiger partial charge is 0.312 e. The lowest BCUT2D eigenvalue weighted by atomic mass is 10.2. The Hall–Kier alpha value is -2.09. The molecule has 1 rings (SSSR count). The molecule has 6 N–H and O–H groups in total. The summed E-state index contributed by atoms with van der Waals surface area (Å²) in [5.74, 6) is -0.220. The highest BCUT2D eigenvalue weighted by molar-refractivity contribution is 5.95. The molecule has 0 saturated heterocycles. The van der Waals surface area contributed by atoms with Gasteiger partial charge >= 0.3 is 6.03 Å². The molecule has 0 unspecified atom stereocenters. The number of carbonyl (C=O) groups excluding carboxylic acids is 2. The zero-order valence-corrected chi connectivity index (χ0v) is 11.0. The Kier molecular flexibility index (Phi) is 5.80. The van der Waals surface area contributed by atoms with Crippen molar-refractivity contribution < 1.29 is 9.59 Å². The van der Waals surface area contributed by atoms with Crippen molar-refractivity contribution in [3.05, 3.63) is 17.5 Å². The Labute approximate surface area is 111 Å². The summed E-state index contributed by atoms with van der Waals surface area (Å²) in [6.45, 7) is 3.72. The fourth-order valence-corrected chi connectivity index (χ4v) is 1.59. The summed E-state index contributed by atoms with van der Waals surface area (Å²) in [6.07, 6.45) is 2.34. The van der Waals surface area contributed by atoms with Gasteiger partial charge in [0.05, 0.1) is 11.8 Å². The van der Waals surface area contributed by atoms with Crippen LogP contribution in [0.25, 0.3) is 0 Å². The predicted molar refractivity (Wildman–Crippen MR) is 70.6 cm³/mol. The van der Waals surface area contributed by atoms with Gasteiger partial charge < -0.3 is 22.1 Å². The van der Waals surface area contributed by atoms with Gasteiger partial charge in [0.15, 0.2) is 0 Å². The van der Waals surface area contributed by atoms with Gasteiger partial charge in [0.25, 0.3) is 5.91 Å². The lowest BCUT2D eigenvalue weighted by Crippen LogP contribution is -2.37. The number of amides is 3. The predicted octanol–water partition coefficient (Wildman–Crippen LogP) is -1.06. The molecule has 106 valence electrons. The van der Waals surface area contributed by atoms with E-state index in [1.54, 1.807) is 4.68 Å². The van der Waals surface area contributed by atoms with Crippen molar-refractivity contribution >= 4 is 11.9 Å². The van der Waals surface area contributed by atoms with E-state index in [1.165, 1.54) is 6.20 Å². The van der Waals surface area contributed by atoms with Crippen LogP contribution >= 0.6 is 0 Å². The zero-order valence-electron chi connectivity index (χ0n) is 11.0. The van der Waals surface area contributed by atoms with Gasteiger partial charge in [-0.1, -0.05) is 0 Å². The molecule has 8 nitrogen and oxygen atoms in total. The van der Waals surface area contributed by atoms with Crippen LogP contribution in [-0.2, 0) is 6.54 Å². The van der Waals surface area contributed by atoms with Gasteiger partial charge in [-0.3, -0.25) is 9.48 Å². The molecule has 0 aromatic carbocycles. The number of carbonyl (C=O) groups is 2. The SMILES string of the molecule is Cc1c(C(=O)NCCNC(N)=O)cnn1CCCN. The molecule has 0 atom stereocenters. The lowest BCUT2D eigenvalue weighted by molar-refractivity contribution is 0.0953. The Morgan fingerprint density at radius 3 is 2.68 bits per heavy atom. The van der Waals surface area contributed by atoms with Crippen LogP contribution in [0.1, 0.15) is 22.5 Å². The van der Waals surface area contributed by atoms with E-state index in [1.807, 2.05) is 6.92 Å². The van der Waals surface area contributed by atoms with Crippen molar-refractivity contribution in [2.75, 3.05) is 19.6 Å². The van der Waals surface area contributed by atoms with Crippen molar-refractivity contribution in [2.45, 2.75) is 19.9 Å². The first-order chi connectivity index (χ1) is 9.06. The van der Waals surface area contributed by atoms with Crippen LogP contribution < -0.4 is 22.1 Å². The number of urea groups is 1. The Balaban J connectivity index is 2.48. The van der Waals surface area contributed by atoms with Crippen LogP contribution in [0.15, 0.2) is 6.20 Å². The number of hydrogen-bond acceptors (Lipinski definition) is 4. The Morgan fingerprint density at radius 1 is 1.37 bits per heavy atom.